The molecule has 1 rings (SSSR count). The van der Waals surface area contributed by atoms with E-state index in [1.54, 1.807) is 6.08 Å². The highest BCUT2D eigenvalue weighted by Gasteiger charge is 2.19. The summed E-state index contributed by atoms with van der Waals surface area (Å²) in [6.45, 7) is 13.9. The summed E-state index contributed by atoms with van der Waals surface area (Å²) in [6.07, 6.45) is 8.68. The highest BCUT2D eigenvalue weighted by atomic mass is 31.2. The van der Waals surface area contributed by atoms with Gasteiger partial charge in [-0.25, -0.2) is 0 Å². The highest BCUT2D eigenvalue weighted by Crippen LogP contribution is 2.48. The molecule has 3 heteroatoms. The van der Waals surface area contributed by atoms with Crippen LogP contribution in [-0.2, 0) is 4.57 Å². The van der Waals surface area contributed by atoms with Crippen molar-refractivity contribution in [3.8, 4) is 0 Å². The third kappa shape index (κ3) is 4.49. The monoisotopic (exact) mass is 251 g/mol. The smallest absolute Gasteiger partial charge is 0.105 e. The summed E-state index contributed by atoms with van der Waals surface area (Å²) in [5.74, 6) is 0. The first-order valence-electron chi connectivity index (χ1n) is 5.88. The van der Waals surface area contributed by atoms with Crippen molar-refractivity contribution in [3.63, 3.8) is 0 Å². The van der Waals surface area contributed by atoms with Crippen molar-refractivity contribution in [3.05, 3.63) is 48.3 Å². The van der Waals surface area contributed by atoms with E-state index in [9.17, 15) is 4.57 Å². The first-order chi connectivity index (χ1) is 7.97. The molecular formula is C14H22NOP. The van der Waals surface area contributed by atoms with Crippen molar-refractivity contribution >= 4 is 7.14 Å². The van der Waals surface area contributed by atoms with Crippen LogP contribution >= 0.6 is 7.14 Å². The third-order valence-corrected chi connectivity index (χ3v) is 4.75. The zero-order valence-corrected chi connectivity index (χ0v) is 11.7. The van der Waals surface area contributed by atoms with Crippen LogP contribution in [0.3, 0.4) is 0 Å². The fourth-order valence-electron chi connectivity index (χ4n) is 1.93. The lowest BCUT2D eigenvalue weighted by Gasteiger charge is -2.27. The Morgan fingerprint density at radius 2 is 2.24 bits per heavy atom. The Kier molecular flexibility index (Phi) is 5.17. The summed E-state index contributed by atoms with van der Waals surface area (Å²) >= 11 is 0. The van der Waals surface area contributed by atoms with Crippen LogP contribution in [0.2, 0.25) is 0 Å². The fraction of sp³-hybridized carbons (Fsp3) is 0.429. The average molecular weight is 251 g/mol. The normalized spacial score (nSPS) is 18.7. The molecule has 0 aromatic heterocycles. The van der Waals surface area contributed by atoms with Gasteiger partial charge < -0.3 is 4.57 Å². The molecule has 17 heavy (non-hydrogen) atoms. The number of nitrogens with zero attached hydrogens (tertiary/aromatic N) is 1. The summed E-state index contributed by atoms with van der Waals surface area (Å²) in [7, 11) is -2.04. The van der Waals surface area contributed by atoms with Crippen LogP contribution in [0.15, 0.2) is 48.3 Å². The summed E-state index contributed by atoms with van der Waals surface area (Å²) in [5, 5.41) is 1.14. The van der Waals surface area contributed by atoms with Crippen molar-refractivity contribution < 1.29 is 4.57 Å². The summed E-state index contributed by atoms with van der Waals surface area (Å²) in [5.41, 5.74) is 1.17. The minimum atomic E-state index is -2.04. The van der Waals surface area contributed by atoms with Crippen LogP contribution in [0, 0.1) is 0 Å². The molecule has 0 saturated carbocycles. The zero-order chi connectivity index (χ0) is 12.9. The predicted octanol–water partition coefficient (Wildman–Crippen LogP) is 3.50. The molecule has 0 unspecified atom stereocenters. The van der Waals surface area contributed by atoms with E-state index < -0.39 is 7.14 Å². The molecule has 0 amide bonds. The second-order valence-electron chi connectivity index (χ2n) is 4.71. The number of hydrogen-bond donors (Lipinski definition) is 0. The van der Waals surface area contributed by atoms with Gasteiger partial charge in [-0.05, 0) is 30.6 Å². The molecule has 0 aromatic rings. The van der Waals surface area contributed by atoms with E-state index in [2.05, 4.69) is 24.1 Å². The molecule has 0 radical (unpaired) electrons. The van der Waals surface area contributed by atoms with Gasteiger partial charge in [0.15, 0.2) is 0 Å². The van der Waals surface area contributed by atoms with Crippen LogP contribution in [0.25, 0.3) is 0 Å². The van der Waals surface area contributed by atoms with Crippen LogP contribution in [0.1, 0.15) is 6.42 Å². The minimum Gasteiger partial charge on any atom is -0.320 e. The second-order valence-corrected chi connectivity index (χ2v) is 7.99. The van der Waals surface area contributed by atoms with E-state index in [1.165, 1.54) is 5.57 Å². The van der Waals surface area contributed by atoms with Crippen LogP contribution in [-0.4, -0.2) is 37.9 Å². The van der Waals surface area contributed by atoms with Crippen molar-refractivity contribution in [1.82, 2.24) is 4.90 Å². The molecule has 0 spiro atoms. The van der Waals surface area contributed by atoms with Gasteiger partial charge in [-0.3, -0.25) is 4.90 Å². The molecule has 0 N–H and O–H groups in total. The Hall–Kier alpha value is -0.850. The minimum absolute atomic E-state index is 0.878. The van der Waals surface area contributed by atoms with Gasteiger partial charge in [0, 0.05) is 19.6 Å². The Balaban J connectivity index is 2.61. The molecule has 1 aliphatic heterocycles. The van der Waals surface area contributed by atoms with Gasteiger partial charge in [0.2, 0.25) is 0 Å². The largest absolute Gasteiger partial charge is 0.320 e. The predicted molar refractivity (Wildman–Crippen MR) is 77.1 cm³/mol. The maximum absolute atomic E-state index is 11.9. The molecule has 0 bridgehead atoms. The molecule has 0 aliphatic carbocycles. The first-order valence-corrected chi connectivity index (χ1v) is 8.48. The lowest BCUT2D eigenvalue weighted by Crippen LogP contribution is -2.30. The maximum atomic E-state index is 11.9. The van der Waals surface area contributed by atoms with Gasteiger partial charge in [-0.2, -0.15) is 0 Å². The SMILES string of the molecule is C=C/C=C(\C=C)CN1CC=C(P(C)(C)=O)CC1. The van der Waals surface area contributed by atoms with E-state index in [-0.39, 0.29) is 0 Å². The molecule has 94 valence electrons. The average Bonchev–Trinajstić information content (AvgIpc) is 2.28. The van der Waals surface area contributed by atoms with Gasteiger partial charge in [-0.15, -0.1) is 0 Å². The fourth-order valence-corrected chi connectivity index (χ4v) is 3.09. The molecule has 0 fully saturated rings. The summed E-state index contributed by atoms with van der Waals surface area (Å²) in [6, 6.07) is 0. The van der Waals surface area contributed by atoms with Crippen LogP contribution < -0.4 is 0 Å². The Bertz CT molecular complexity index is 400. The van der Waals surface area contributed by atoms with Gasteiger partial charge >= 0.3 is 0 Å². The lowest BCUT2D eigenvalue weighted by atomic mass is 10.2. The Labute approximate surface area is 105 Å². The molecule has 2 nitrogen and oxygen atoms in total. The number of allylic oxidation sites excluding steroid dienone is 2. The number of hydrogen-bond acceptors (Lipinski definition) is 2. The molecule has 0 saturated heterocycles. The summed E-state index contributed by atoms with van der Waals surface area (Å²) < 4.78 is 11.9. The van der Waals surface area contributed by atoms with Gasteiger partial charge in [0.25, 0.3) is 0 Å². The topological polar surface area (TPSA) is 20.3 Å². The van der Waals surface area contributed by atoms with Gasteiger partial charge in [0.05, 0.1) is 0 Å². The summed E-state index contributed by atoms with van der Waals surface area (Å²) in [4.78, 5) is 2.33. The van der Waals surface area contributed by atoms with E-state index in [0.29, 0.717) is 0 Å². The quantitative estimate of drug-likeness (QED) is 0.550. The van der Waals surface area contributed by atoms with E-state index >= 15 is 0 Å². The van der Waals surface area contributed by atoms with Gasteiger partial charge in [-0.1, -0.05) is 37.5 Å². The van der Waals surface area contributed by atoms with Crippen LogP contribution in [0.4, 0.5) is 0 Å². The van der Waals surface area contributed by atoms with E-state index in [0.717, 1.165) is 31.4 Å². The highest BCUT2D eigenvalue weighted by molar-refractivity contribution is 7.66. The van der Waals surface area contributed by atoms with Crippen molar-refractivity contribution in [2.45, 2.75) is 6.42 Å². The lowest BCUT2D eigenvalue weighted by molar-refractivity contribution is 0.323. The Morgan fingerprint density at radius 3 is 2.65 bits per heavy atom. The zero-order valence-electron chi connectivity index (χ0n) is 10.9. The van der Waals surface area contributed by atoms with E-state index in [4.69, 9.17) is 0 Å². The molecule has 0 atom stereocenters. The maximum Gasteiger partial charge on any atom is 0.105 e. The van der Waals surface area contributed by atoms with Crippen molar-refractivity contribution in [2.75, 3.05) is 33.0 Å². The molecular weight excluding hydrogens is 229 g/mol. The molecule has 1 heterocycles. The first kappa shape index (κ1) is 14.2. The molecule has 0 aromatic carbocycles. The standard InChI is InChI=1S/C14H22NOP/c1-5-7-13(6-2)12-15-10-8-14(9-11-15)17(3,4)16/h5-8H,1-2,9-12H2,3-4H3/b13-7+. The van der Waals surface area contributed by atoms with Crippen molar-refractivity contribution in [1.29, 1.82) is 0 Å². The second kappa shape index (κ2) is 6.18. The number of rotatable bonds is 5. The van der Waals surface area contributed by atoms with Gasteiger partial charge in [0.1, 0.15) is 7.14 Å². The molecule has 1 aliphatic rings. The van der Waals surface area contributed by atoms with Crippen LogP contribution in [0.5, 0.6) is 0 Å². The van der Waals surface area contributed by atoms with E-state index in [1.807, 2.05) is 25.5 Å². The van der Waals surface area contributed by atoms with Crippen molar-refractivity contribution in [2.24, 2.45) is 0 Å². The Morgan fingerprint density at radius 1 is 1.53 bits per heavy atom. The third-order valence-electron chi connectivity index (χ3n) is 2.96.